The van der Waals surface area contributed by atoms with Crippen molar-refractivity contribution in [1.29, 1.82) is 0 Å². The summed E-state index contributed by atoms with van der Waals surface area (Å²) in [5.41, 5.74) is 2.31. The molecular weight excluding hydrogens is 364 g/mol. The molecule has 6 nitrogen and oxygen atoms in total. The van der Waals surface area contributed by atoms with E-state index in [0.29, 0.717) is 30.0 Å². The highest BCUT2D eigenvalue weighted by Gasteiger charge is 2.18. The highest BCUT2D eigenvalue weighted by atomic mass is 16.2. The van der Waals surface area contributed by atoms with E-state index in [1.54, 1.807) is 31.3 Å². The Hall–Kier alpha value is -2.89. The zero-order valence-corrected chi connectivity index (χ0v) is 17.5. The minimum absolute atomic E-state index is 0.0211. The van der Waals surface area contributed by atoms with E-state index in [9.17, 15) is 9.59 Å². The van der Waals surface area contributed by atoms with Gasteiger partial charge in [-0.1, -0.05) is 19.1 Å². The summed E-state index contributed by atoms with van der Waals surface area (Å²) in [6, 6.07) is 11.2. The Morgan fingerprint density at radius 3 is 2.79 bits per heavy atom. The number of rotatable bonds is 6. The van der Waals surface area contributed by atoms with E-state index in [0.717, 1.165) is 30.9 Å². The maximum Gasteiger partial charge on any atom is 0.253 e. The molecule has 29 heavy (non-hydrogen) atoms. The van der Waals surface area contributed by atoms with Crippen LogP contribution in [0.25, 0.3) is 0 Å². The van der Waals surface area contributed by atoms with E-state index in [-0.39, 0.29) is 11.8 Å². The van der Waals surface area contributed by atoms with Crippen LogP contribution in [0, 0.1) is 5.92 Å². The normalized spacial score (nSPS) is 16.4. The van der Waals surface area contributed by atoms with Gasteiger partial charge in [0, 0.05) is 51.1 Å². The van der Waals surface area contributed by atoms with Crippen LogP contribution in [0.1, 0.15) is 46.0 Å². The number of amides is 2. The lowest BCUT2D eigenvalue weighted by molar-refractivity contribution is 0.0827. The van der Waals surface area contributed by atoms with E-state index in [4.69, 9.17) is 0 Å². The lowest BCUT2D eigenvalue weighted by Gasteiger charge is -2.31. The van der Waals surface area contributed by atoms with Crippen molar-refractivity contribution in [1.82, 2.24) is 15.2 Å². The molecule has 2 aromatic rings. The lowest BCUT2D eigenvalue weighted by atomic mass is 10.0. The van der Waals surface area contributed by atoms with E-state index >= 15 is 0 Å². The number of nitrogens with zero attached hydrogens (tertiary/aromatic N) is 3. The molecule has 0 radical (unpaired) electrons. The number of aromatic nitrogens is 1. The van der Waals surface area contributed by atoms with Crippen molar-refractivity contribution < 1.29 is 9.59 Å². The maximum atomic E-state index is 12.6. The molecule has 0 unspecified atom stereocenters. The summed E-state index contributed by atoms with van der Waals surface area (Å²) in [6.07, 6.45) is 4.79. The number of hydrogen-bond acceptors (Lipinski definition) is 4. The molecule has 0 spiro atoms. The quantitative estimate of drug-likeness (QED) is 0.818. The highest BCUT2D eigenvalue weighted by Crippen LogP contribution is 2.21. The monoisotopic (exact) mass is 394 g/mol. The van der Waals surface area contributed by atoms with Gasteiger partial charge in [-0.2, -0.15) is 0 Å². The van der Waals surface area contributed by atoms with Gasteiger partial charge < -0.3 is 15.1 Å². The first-order valence-corrected chi connectivity index (χ1v) is 10.2. The SMILES string of the molecule is C[C@H]1CCCN(c2cc(C(=O)NCCc3cccc(C(=O)N(C)C)c3)ccn2)C1. The van der Waals surface area contributed by atoms with Gasteiger partial charge in [-0.3, -0.25) is 9.59 Å². The Labute approximate surface area is 172 Å². The van der Waals surface area contributed by atoms with Crippen molar-refractivity contribution in [3.63, 3.8) is 0 Å². The largest absolute Gasteiger partial charge is 0.356 e. The first kappa shape index (κ1) is 20.8. The number of pyridine rings is 1. The van der Waals surface area contributed by atoms with Gasteiger partial charge in [0.05, 0.1) is 0 Å². The third kappa shape index (κ3) is 5.56. The summed E-state index contributed by atoms with van der Waals surface area (Å²) in [5, 5.41) is 2.98. The van der Waals surface area contributed by atoms with Crippen LogP contribution in [0.2, 0.25) is 0 Å². The van der Waals surface area contributed by atoms with Crippen molar-refractivity contribution in [2.45, 2.75) is 26.2 Å². The van der Waals surface area contributed by atoms with Gasteiger partial charge >= 0.3 is 0 Å². The van der Waals surface area contributed by atoms with Crippen LogP contribution in [0.15, 0.2) is 42.6 Å². The Morgan fingerprint density at radius 1 is 1.21 bits per heavy atom. The van der Waals surface area contributed by atoms with Gasteiger partial charge in [0.1, 0.15) is 5.82 Å². The summed E-state index contributed by atoms with van der Waals surface area (Å²) in [4.78, 5) is 33.0. The van der Waals surface area contributed by atoms with Crippen molar-refractivity contribution >= 4 is 17.6 Å². The van der Waals surface area contributed by atoms with Crippen LogP contribution in [0.4, 0.5) is 5.82 Å². The highest BCUT2D eigenvalue weighted by molar-refractivity contribution is 5.95. The molecule has 1 fully saturated rings. The summed E-state index contributed by atoms with van der Waals surface area (Å²) in [5.74, 6) is 1.41. The van der Waals surface area contributed by atoms with E-state index in [1.807, 2.05) is 30.3 Å². The van der Waals surface area contributed by atoms with Gasteiger partial charge in [0.25, 0.3) is 11.8 Å². The van der Waals surface area contributed by atoms with Crippen LogP contribution in [-0.2, 0) is 6.42 Å². The topological polar surface area (TPSA) is 65.5 Å². The predicted octanol–water partition coefficient (Wildman–Crippen LogP) is 2.99. The summed E-state index contributed by atoms with van der Waals surface area (Å²) >= 11 is 0. The summed E-state index contributed by atoms with van der Waals surface area (Å²) in [6.45, 7) is 4.74. The number of benzene rings is 1. The van der Waals surface area contributed by atoms with Crippen molar-refractivity contribution in [3.8, 4) is 0 Å². The Morgan fingerprint density at radius 2 is 2.03 bits per heavy atom. The van der Waals surface area contributed by atoms with Crippen LogP contribution in [-0.4, -0.2) is 55.4 Å². The molecule has 1 aromatic carbocycles. The number of anilines is 1. The molecule has 0 aliphatic carbocycles. The van der Waals surface area contributed by atoms with Crippen molar-refractivity contribution in [2.75, 3.05) is 38.6 Å². The second-order valence-corrected chi connectivity index (χ2v) is 8.00. The fourth-order valence-electron chi connectivity index (χ4n) is 3.67. The number of carbonyl (C=O) groups is 2. The van der Waals surface area contributed by atoms with Gasteiger partial charge in [-0.05, 0) is 55.0 Å². The fourth-order valence-corrected chi connectivity index (χ4v) is 3.67. The third-order valence-electron chi connectivity index (χ3n) is 5.27. The smallest absolute Gasteiger partial charge is 0.253 e. The van der Waals surface area contributed by atoms with E-state index in [1.165, 1.54) is 6.42 Å². The minimum Gasteiger partial charge on any atom is -0.356 e. The van der Waals surface area contributed by atoms with Gasteiger partial charge in [0.2, 0.25) is 0 Å². The zero-order valence-electron chi connectivity index (χ0n) is 17.5. The molecule has 154 valence electrons. The molecule has 1 atom stereocenters. The lowest BCUT2D eigenvalue weighted by Crippen LogP contribution is -2.35. The minimum atomic E-state index is -0.0979. The number of nitrogens with one attached hydrogen (secondary N) is 1. The van der Waals surface area contributed by atoms with Gasteiger partial charge in [0.15, 0.2) is 0 Å². The number of carbonyl (C=O) groups excluding carboxylic acids is 2. The number of hydrogen-bond donors (Lipinski definition) is 1. The van der Waals surface area contributed by atoms with E-state index in [2.05, 4.69) is 22.1 Å². The standard InChI is InChI=1S/C23H30N4O2/c1-17-6-5-13-27(16-17)21-15-19(10-12-24-21)22(28)25-11-9-18-7-4-8-20(14-18)23(29)26(2)3/h4,7-8,10,12,14-15,17H,5-6,9,11,13,16H2,1-3H3,(H,25,28)/t17-/m0/s1. The average molecular weight is 395 g/mol. The summed E-state index contributed by atoms with van der Waals surface area (Å²) < 4.78 is 0. The molecule has 1 saturated heterocycles. The molecule has 0 bridgehead atoms. The Bertz CT molecular complexity index is 865. The maximum absolute atomic E-state index is 12.6. The van der Waals surface area contributed by atoms with Crippen LogP contribution < -0.4 is 10.2 Å². The second-order valence-electron chi connectivity index (χ2n) is 8.00. The van der Waals surface area contributed by atoms with Gasteiger partial charge in [-0.15, -0.1) is 0 Å². The molecule has 1 N–H and O–H groups in total. The Balaban J connectivity index is 1.57. The average Bonchev–Trinajstić information content (AvgIpc) is 2.73. The van der Waals surface area contributed by atoms with Crippen LogP contribution >= 0.6 is 0 Å². The second kappa shape index (κ2) is 9.54. The van der Waals surface area contributed by atoms with Crippen LogP contribution in [0.3, 0.4) is 0 Å². The first-order chi connectivity index (χ1) is 13.9. The molecule has 0 saturated carbocycles. The Kier molecular flexibility index (Phi) is 6.86. The summed E-state index contributed by atoms with van der Waals surface area (Å²) in [7, 11) is 3.48. The predicted molar refractivity (Wildman–Crippen MR) is 115 cm³/mol. The molecule has 1 aliphatic heterocycles. The molecular formula is C23H30N4O2. The molecule has 3 rings (SSSR count). The van der Waals surface area contributed by atoms with Gasteiger partial charge in [-0.25, -0.2) is 4.98 Å². The van der Waals surface area contributed by atoms with E-state index < -0.39 is 0 Å². The fraction of sp³-hybridized carbons (Fsp3) is 0.435. The van der Waals surface area contributed by atoms with Crippen LogP contribution in [0.5, 0.6) is 0 Å². The molecule has 6 heteroatoms. The molecule has 2 amide bonds. The zero-order chi connectivity index (χ0) is 20.8. The first-order valence-electron chi connectivity index (χ1n) is 10.2. The van der Waals surface area contributed by atoms with Crippen molar-refractivity contribution in [2.24, 2.45) is 5.92 Å². The van der Waals surface area contributed by atoms with Crippen molar-refractivity contribution in [3.05, 3.63) is 59.3 Å². The molecule has 2 heterocycles. The molecule has 1 aromatic heterocycles. The third-order valence-corrected chi connectivity index (χ3v) is 5.27. The number of piperidine rings is 1. The molecule has 1 aliphatic rings.